The predicted octanol–water partition coefficient (Wildman–Crippen LogP) is 6.73. The van der Waals surface area contributed by atoms with Gasteiger partial charge < -0.3 is 15.3 Å². The topological polar surface area (TPSA) is 95.2 Å². The summed E-state index contributed by atoms with van der Waals surface area (Å²) in [6.45, 7) is 1.77. The molecule has 2 atom stereocenters. The summed E-state index contributed by atoms with van der Waals surface area (Å²) < 4.78 is 49.9. The predicted molar refractivity (Wildman–Crippen MR) is 155 cm³/mol. The lowest BCUT2D eigenvalue weighted by Crippen LogP contribution is -2.34. The van der Waals surface area contributed by atoms with Crippen molar-refractivity contribution in [1.29, 1.82) is 0 Å². The van der Waals surface area contributed by atoms with Gasteiger partial charge in [-0.2, -0.15) is 4.73 Å². The zero-order valence-corrected chi connectivity index (χ0v) is 24.1. The Bertz CT molecular complexity index is 1730. The Hall–Kier alpha value is -4.44. The van der Waals surface area contributed by atoms with Gasteiger partial charge in [-0.1, -0.05) is 37.1 Å². The van der Waals surface area contributed by atoms with Crippen LogP contribution in [0.15, 0.2) is 60.9 Å². The third-order valence-corrected chi connectivity index (χ3v) is 7.96. The van der Waals surface area contributed by atoms with E-state index in [1.807, 2.05) is 0 Å². The number of esters is 1. The van der Waals surface area contributed by atoms with Crippen LogP contribution < -0.4 is 10.0 Å². The molecule has 5 rings (SSSR count). The maximum atomic E-state index is 15.4. The largest absolute Gasteiger partial charge is 0.618 e. The molecule has 1 aliphatic heterocycles. The van der Waals surface area contributed by atoms with Crippen LogP contribution in [0.3, 0.4) is 0 Å². The number of halogens is 4. The van der Waals surface area contributed by atoms with Gasteiger partial charge >= 0.3 is 5.97 Å². The lowest BCUT2D eigenvalue weighted by Gasteiger charge is -2.22. The third kappa shape index (κ3) is 6.19. The number of amides is 1. The molecule has 43 heavy (non-hydrogen) atoms. The summed E-state index contributed by atoms with van der Waals surface area (Å²) in [5, 5.41) is 16.0. The number of nitrogens with zero attached hydrogens (tertiary/aromatic N) is 2. The molecule has 2 bridgehead atoms. The van der Waals surface area contributed by atoms with Crippen LogP contribution in [-0.2, 0) is 20.7 Å². The summed E-state index contributed by atoms with van der Waals surface area (Å²) in [6.07, 6.45) is 3.30. The molecule has 4 aromatic rings. The minimum atomic E-state index is -0.995. The molecule has 222 valence electrons. The standard InChI is InChI=1S/C32H27ClF3N3O4/c1-17-4-3-5-20(28-11-7-19(16-39(28)42)30-24(34)10-9-23(33)31(30)36)22-14-26(37-15-25(22)35)21-8-6-18(13-29(40)43-2)12-27(21)38-32(17)41/h6-12,14-17,20H,3-5,13H2,1-2H3,(H,38,41)/t17-,20+/m1/s1. The Balaban J connectivity index is 1.62. The number of pyridine rings is 2. The zero-order valence-electron chi connectivity index (χ0n) is 23.3. The Morgan fingerprint density at radius 1 is 1.12 bits per heavy atom. The van der Waals surface area contributed by atoms with Crippen molar-refractivity contribution < 1.29 is 32.2 Å². The summed E-state index contributed by atoms with van der Waals surface area (Å²) in [4.78, 5) is 29.2. The van der Waals surface area contributed by atoms with Gasteiger partial charge in [-0.3, -0.25) is 14.6 Å². The van der Waals surface area contributed by atoms with Crippen molar-refractivity contribution in [3.05, 3.63) is 105 Å². The lowest BCUT2D eigenvalue weighted by atomic mass is 9.87. The van der Waals surface area contributed by atoms with E-state index >= 15 is 4.39 Å². The van der Waals surface area contributed by atoms with Crippen LogP contribution in [0.5, 0.6) is 0 Å². The molecule has 2 aromatic heterocycles. The highest BCUT2D eigenvalue weighted by atomic mass is 35.5. The van der Waals surface area contributed by atoms with E-state index < -0.39 is 40.8 Å². The molecular formula is C32H27ClF3N3O4. The minimum absolute atomic E-state index is 0.0120. The fourth-order valence-electron chi connectivity index (χ4n) is 5.32. The number of fused-ring (bicyclic) bond motifs is 4. The van der Waals surface area contributed by atoms with Crippen LogP contribution >= 0.6 is 11.6 Å². The number of ether oxygens (including phenoxy) is 1. The minimum Gasteiger partial charge on any atom is -0.618 e. The van der Waals surface area contributed by atoms with E-state index in [4.69, 9.17) is 16.3 Å². The van der Waals surface area contributed by atoms with Crippen LogP contribution in [0.25, 0.3) is 22.4 Å². The van der Waals surface area contributed by atoms with Crippen molar-refractivity contribution >= 4 is 29.2 Å². The van der Waals surface area contributed by atoms with Crippen molar-refractivity contribution in [1.82, 2.24) is 4.98 Å². The molecule has 0 aliphatic carbocycles. The Morgan fingerprint density at radius 2 is 1.91 bits per heavy atom. The fraction of sp³-hybridized carbons (Fsp3) is 0.250. The second-order valence-electron chi connectivity index (χ2n) is 10.5. The van der Waals surface area contributed by atoms with E-state index in [9.17, 15) is 23.6 Å². The number of nitrogens with one attached hydrogen (secondary N) is 1. The molecule has 0 saturated heterocycles. The van der Waals surface area contributed by atoms with Gasteiger partial charge in [-0.25, -0.2) is 13.2 Å². The third-order valence-electron chi connectivity index (χ3n) is 7.67. The van der Waals surface area contributed by atoms with Gasteiger partial charge in [-0.05, 0) is 48.7 Å². The summed E-state index contributed by atoms with van der Waals surface area (Å²) in [5.41, 5.74) is 1.72. The first-order valence-electron chi connectivity index (χ1n) is 13.6. The molecule has 2 aromatic carbocycles. The van der Waals surface area contributed by atoms with Gasteiger partial charge in [0.1, 0.15) is 11.6 Å². The van der Waals surface area contributed by atoms with Crippen LogP contribution in [-0.4, -0.2) is 24.0 Å². The van der Waals surface area contributed by atoms with E-state index in [0.717, 1.165) is 24.5 Å². The van der Waals surface area contributed by atoms with E-state index in [2.05, 4.69) is 10.3 Å². The van der Waals surface area contributed by atoms with Crippen LogP contribution in [0.4, 0.5) is 18.9 Å². The van der Waals surface area contributed by atoms with Gasteiger partial charge in [0.2, 0.25) is 5.91 Å². The van der Waals surface area contributed by atoms with Gasteiger partial charge in [0, 0.05) is 23.1 Å². The highest BCUT2D eigenvalue weighted by molar-refractivity contribution is 6.31. The Morgan fingerprint density at radius 3 is 2.65 bits per heavy atom. The molecule has 0 radical (unpaired) electrons. The number of benzene rings is 2. The number of aromatic nitrogens is 2. The maximum Gasteiger partial charge on any atom is 0.309 e. The van der Waals surface area contributed by atoms with Gasteiger partial charge in [0.05, 0.1) is 53.2 Å². The van der Waals surface area contributed by atoms with Crippen molar-refractivity contribution in [2.75, 3.05) is 12.4 Å². The Kier molecular flexibility index (Phi) is 8.68. The first-order valence-corrected chi connectivity index (χ1v) is 14.0. The van der Waals surface area contributed by atoms with Crippen molar-refractivity contribution in [3.8, 4) is 22.4 Å². The highest BCUT2D eigenvalue weighted by Gasteiger charge is 2.29. The van der Waals surface area contributed by atoms with Crippen LogP contribution in [0, 0.1) is 28.6 Å². The van der Waals surface area contributed by atoms with Crippen molar-refractivity contribution in [2.45, 2.75) is 38.5 Å². The average molecular weight is 610 g/mol. The van der Waals surface area contributed by atoms with E-state index in [1.54, 1.807) is 25.1 Å². The molecule has 7 nitrogen and oxygen atoms in total. The summed E-state index contributed by atoms with van der Waals surface area (Å²) >= 11 is 5.84. The van der Waals surface area contributed by atoms with Gasteiger partial charge in [-0.15, -0.1) is 0 Å². The molecule has 3 heterocycles. The van der Waals surface area contributed by atoms with Crippen LogP contribution in [0.2, 0.25) is 5.02 Å². The second kappa shape index (κ2) is 12.4. The molecular weight excluding hydrogens is 583 g/mol. The average Bonchev–Trinajstić information content (AvgIpc) is 2.98. The smallest absolute Gasteiger partial charge is 0.309 e. The first-order chi connectivity index (χ1) is 20.6. The van der Waals surface area contributed by atoms with Crippen LogP contribution in [0.1, 0.15) is 48.9 Å². The molecule has 1 N–H and O–H groups in total. The fourth-order valence-corrected chi connectivity index (χ4v) is 5.47. The number of hydrogen-bond donors (Lipinski definition) is 1. The number of carbonyl (C=O) groups excluding carboxylic acids is 2. The van der Waals surface area contributed by atoms with E-state index in [1.165, 1.54) is 25.3 Å². The normalized spacial score (nSPS) is 16.8. The first kappa shape index (κ1) is 30.0. The number of methoxy groups -OCH3 is 1. The lowest BCUT2D eigenvalue weighted by molar-refractivity contribution is -0.614. The SMILES string of the molecule is COC(=O)Cc1ccc2c(c1)NC(=O)[C@H](C)CCC[C@H](c1ccc(-c3c(F)ccc(Cl)c3F)c[n+]1[O-])c1cc-2ncc1F. The van der Waals surface area contributed by atoms with Gasteiger partial charge in [0.25, 0.3) is 0 Å². The second-order valence-corrected chi connectivity index (χ2v) is 10.9. The van der Waals surface area contributed by atoms with E-state index in [-0.39, 0.29) is 34.2 Å². The molecule has 1 aliphatic rings. The molecule has 0 saturated carbocycles. The molecule has 0 fully saturated rings. The molecule has 1 amide bonds. The van der Waals surface area contributed by atoms with Crippen molar-refractivity contribution in [3.63, 3.8) is 0 Å². The van der Waals surface area contributed by atoms with Gasteiger partial charge in [0.15, 0.2) is 17.7 Å². The summed E-state index contributed by atoms with van der Waals surface area (Å²) in [7, 11) is 1.28. The quantitative estimate of drug-likeness (QED) is 0.120. The summed E-state index contributed by atoms with van der Waals surface area (Å²) in [6, 6.07) is 11.5. The molecule has 11 heteroatoms. The highest BCUT2D eigenvalue weighted by Crippen LogP contribution is 2.37. The number of hydrogen-bond acceptors (Lipinski definition) is 5. The number of anilines is 1. The Labute approximate surface area is 250 Å². The molecule has 0 unspecified atom stereocenters. The monoisotopic (exact) mass is 609 g/mol. The summed E-state index contributed by atoms with van der Waals surface area (Å²) in [5.74, 6) is -4.40. The van der Waals surface area contributed by atoms with E-state index in [0.29, 0.717) is 46.5 Å². The number of carbonyl (C=O) groups is 2. The number of rotatable bonds is 4. The maximum absolute atomic E-state index is 15.4. The zero-order chi connectivity index (χ0) is 30.8. The van der Waals surface area contributed by atoms with Crippen molar-refractivity contribution in [2.24, 2.45) is 5.92 Å². The molecule has 0 spiro atoms.